The fourth-order valence-electron chi connectivity index (χ4n) is 1.69. The zero-order valence-corrected chi connectivity index (χ0v) is 8.25. The van der Waals surface area contributed by atoms with Crippen molar-refractivity contribution in [3.8, 4) is 5.75 Å². The molecule has 0 spiro atoms. The van der Waals surface area contributed by atoms with E-state index in [1.54, 1.807) is 6.07 Å². The first-order chi connectivity index (χ1) is 7.46. The molecule has 0 saturated heterocycles. The number of hydrogen-bond acceptors (Lipinski definition) is 2. The average Bonchev–Trinajstić information content (AvgIpc) is 2.13. The lowest BCUT2D eigenvalue weighted by Gasteiger charge is -2.24. The molecule has 1 atom stereocenters. The minimum absolute atomic E-state index is 0.0733. The van der Waals surface area contributed by atoms with Gasteiger partial charge in [0, 0.05) is 12.3 Å². The fraction of sp³-hybridized carbons (Fsp3) is 0.364. The fourth-order valence-corrected chi connectivity index (χ4v) is 1.69. The molecule has 0 aliphatic heterocycles. The Balaban J connectivity index is 2.16. The van der Waals surface area contributed by atoms with Crippen LogP contribution in [0.5, 0.6) is 5.75 Å². The highest BCUT2D eigenvalue weighted by molar-refractivity contribution is 5.91. The van der Waals surface area contributed by atoms with Gasteiger partial charge in [-0.15, -0.1) is 13.2 Å². The summed E-state index contributed by atoms with van der Waals surface area (Å²) in [5, 5.41) is 0. The van der Waals surface area contributed by atoms with Gasteiger partial charge in [0.1, 0.15) is 11.5 Å². The van der Waals surface area contributed by atoms with Gasteiger partial charge < -0.3 is 4.74 Å². The van der Waals surface area contributed by atoms with Gasteiger partial charge in [-0.25, -0.2) is 0 Å². The van der Waals surface area contributed by atoms with Crippen LogP contribution in [-0.2, 0) is 4.79 Å². The van der Waals surface area contributed by atoms with Crippen molar-refractivity contribution < 1.29 is 22.7 Å². The van der Waals surface area contributed by atoms with E-state index in [0.29, 0.717) is 18.4 Å². The summed E-state index contributed by atoms with van der Waals surface area (Å²) in [6.07, 6.45) is -3.48. The first-order valence-electron chi connectivity index (χ1n) is 4.84. The minimum Gasteiger partial charge on any atom is -0.406 e. The third-order valence-electron chi connectivity index (χ3n) is 2.56. The highest BCUT2D eigenvalue weighted by Gasteiger charge is 2.33. The number of halogens is 3. The Bertz CT molecular complexity index is 412. The van der Waals surface area contributed by atoms with Crippen LogP contribution in [0.3, 0.4) is 0 Å². The second-order valence-electron chi connectivity index (χ2n) is 3.68. The van der Waals surface area contributed by atoms with Gasteiger partial charge in [-0.2, -0.15) is 0 Å². The molecular weight excluding hydrogens is 221 g/mol. The van der Waals surface area contributed by atoms with Crippen LogP contribution in [0.15, 0.2) is 24.3 Å². The molecule has 1 aliphatic carbocycles. The highest BCUT2D eigenvalue weighted by atomic mass is 19.4. The molecule has 0 N–H and O–H groups in total. The summed E-state index contributed by atoms with van der Waals surface area (Å²) in [7, 11) is 0. The first kappa shape index (κ1) is 11.0. The van der Waals surface area contributed by atoms with Gasteiger partial charge in [0.05, 0.1) is 0 Å². The maximum absolute atomic E-state index is 12.0. The van der Waals surface area contributed by atoms with Crippen molar-refractivity contribution in [2.24, 2.45) is 0 Å². The second kappa shape index (κ2) is 3.81. The summed E-state index contributed by atoms with van der Waals surface area (Å²) in [4.78, 5) is 11.2. The predicted octanol–water partition coefficient (Wildman–Crippen LogP) is 3.03. The number of hydrogen-bond donors (Lipinski definition) is 0. The van der Waals surface area contributed by atoms with Crippen LogP contribution in [0.25, 0.3) is 0 Å². The zero-order chi connectivity index (χ0) is 11.8. The predicted molar refractivity (Wildman–Crippen MR) is 50.1 cm³/mol. The molecule has 1 saturated carbocycles. The number of alkyl halides is 3. The van der Waals surface area contributed by atoms with E-state index < -0.39 is 6.36 Å². The number of ketones is 1. The summed E-state index contributed by atoms with van der Waals surface area (Å²) in [6.45, 7) is 0. The van der Waals surface area contributed by atoms with Crippen LogP contribution < -0.4 is 4.74 Å². The maximum atomic E-state index is 12.0. The standard InChI is InChI=1S/C11H9F3O2/c12-11(13,14)16-8-3-1-2-7(6-8)9-4-5-10(9)15/h1-3,6,9H,4-5H2. The second-order valence-corrected chi connectivity index (χ2v) is 3.68. The number of benzene rings is 1. The van der Waals surface area contributed by atoms with Crippen molar-refractivity contribution in [2.45, 2.75) is 25.1 Å². The van der Waals surface area contributed by atoms with Gasteiger partial charge in [-0.1, -0.05) is 12.1 Å². The molecule has 1 aromatic rings. The Labute approximate surface area is 90.0 Å². The first-order valence-corrected chi connectivity index (χ1v) is 4.84. The van der Waals surface area contributed by atoms with E-state index in [9.17, 15) is 18.0 Å². The normalized spacial score (nSPS) is 20.4. The van der Waals surface area contributed by atoms with Crippen molar-refractivity contribution in [3.05, 3.63) is 29.8 Å². The molecule has 2 nitrogen and oxygen atoms in total. The van der Waals surface area contributed by atoms with E-state index in [-0.39, 0.29) is 17.5 Å². The lowest BCUT2D eigenvalue weighted by atomic mass is 9.79. The van der Waals surface area contributed by atoms with Gasteiger partial charge >= 0.3 is 6.36 Å². The van der Waals surface area contributed by atoms with E-state index in [4.69, 9.17) is 0 Å². The van der Waals surface area contributed by atoms with Crippen molar-refractivity contribution in [1.82, 2.24) is 0 Å². The Morgan fingerprint density at radius 3 is 2.56 bits per heavy atom. The SMILES string of the molecule is O=C1CCC1c1cccc(OC(F)(F)F)c1. The van der Waals surface area contributed by atoms with Crippen molar-refractivity contribution in [2.75, 3.05) is 0 Å². The number of ether oxygens (including phenoxy) is 1. The number of carbonyl (C=O) groups excluding carboxylic acids is 1. The molecule has 2 rings (SSSR count). The summed E-state index contributed by atoms with van der Waals surface area (Å²) in [5.41, 5.74) is 0.595. The Morgan fingerprint density at radius 1 is 1.31 bits per heavy atom. The Morgan fingerprint density at radius 2 is 2.06 bits per heavy atom. The van der Waals surface area contributed by atoms with Crippen molar-refractivity contribution in [3.63, 3.8) is 0 Å². The third-order valence-corrected chi connectivity index (χ3v) is 2.56. The Hall–Kier alpha value is -1.52. The van der Waals surface area contributed by atoms with Gasteiger partial charge in [-0.05, 0) is 24.1 Å². The highest BCUT2D eigenvalue weighted by Crippen LogP contribution is 2.35. The summed E-state index contributed by atoms with van der Waals surface area (Å²) in [6, 6.07) is 5.60. The van der Waals surface area contributed by atoms with Crippen LogP contribution in [0.4, 0.5) is 13.2 Å². The monoisotopic (exact) mass is 230 g/mol. The largest absolute Gasteiger partial charge is 0.573 e. The lowest BCUT2D eigenvalue weighted by molar-refractivity contribution is -0.274. The van der Waals surface area contributed by atoms with Crippen LogP contribution >= 0.6 is 0 Å². The molecule has 1 fully saturated rings. The molecule has 1 aliphatic rings. The summed E-state index contributed by atoms with van der Waals surface area (Å²) in [5.74, 6) is -0.453. The number of carbonyl (C=O) groups is 1. The van der Waals surface area contributed by atoms with E-state index in [1.807, 2.05) is 0 Å². The van der Waals surface area contributed by atoms with E-state index in [1.165, 1.54) is 18.2 Å². The average molecular weight is 230 g/mol. The molecule has 1 aromatic carbocycles. The molecule has 16 heavy (non-hydrogen) atoms. The Kier molecular flexibility index (Phi) is 2.61. The van der Waals surface area contributed by atoms with Crippen molar-refractivity contribution >= 4 is 5.78 Å². The third kappa shape index (κ3) is 2.35. The molecule has 0 amide bonds. The summed E-state index contributed by atoms with van der Waals surface area (Å²) < 4.78 is 39.7. The molecule has 0 bridgehead atoms. The zero-order valence-electron chi connectivity index (χ0n) is 8.25. The van der Waals surface area contributed by atoms with Gasteiger partial charge in [0.25, 0.3) is 0 Å². The van der Waals surface area contributed by atoms with Gasteiger partial charge in [-0.3, -0.25) is 4.79 Å². The van der Waals surface area contributed by atoms with Crippen LogP contribution in [-0.4, -0.2) is 12.1 Å². The number of rotatable bonds is 2. The van der Waals surface area contributed by atoms with Crippen LogP contribution in [0, 0.1) is 0 Å². The minimum atomic E-state index is -4.69. The van der Waals surface area contributed by atoms with E-state index >= 15 is 0 Å². The van der Waals surface area contributed by atoms with Crippen molar-refractivity contribution in [1.29, 1.82) is 0 Å². The van der Waals surface area contributed by atoms with Gasteiger partial charge in [0.15, 0.2) is 0 Å². The van der Waals surface area contributed by atoms with E-state index in [0.717, 1.165) is 0 Å². The summed E-state index contributed by atoms with van der Waals surface area (Å²) >= 11 is 0. The van der Waals surface area contributed by atoms with E-state index in [2.05, 4.69) is 4.74 Å². The number of Topliss-reactive ketones (excluding diaryl/α,β-unsaturated/α-hetero) is 1. The quantitative estimate of drug-likeness (QED) is 0.780. The maximum Gasteiger partial charge on any atom is 0.573 e. The molecule has 86 valence electrons. The topological polar surface area (TPSA) is 26.3 Å². The van der Waals surface area contributed by atoms with Crippen LogP contribution in [0.2, 0.25) is 0 Å². The molecule has 1 unspecified atom stereocenters. The molecule has 0 aromatic heterocycles. The smallest absolute Gasteiger partial charge is 0.406 e. The lowest BCUT2D eigenvalue weighted by Crippen LogP contribution is -2.23. The van der Waals surface area contributed by atoms with Gasteiger partial charge in [0.2, 0.25) is 0 Å². The molecule has 0 radical (unpaired) electrons. The van der Waals surface area contributed by atoms with Crippen LogP contribution in [0.1, 0.15) is 24.3 Å². The molecular formula is C11H9F3O2. The molecule has 0 heterocycles. The molecule has 5 heteroatoms.